The van der Waals surface area contributed by atoms with Gasteiger partial charge in [-0.15, -0.1) is 0 Å². The van der Waals surface area contributed by atoms with Crippen molar-refractivity contribution in [2.24, 2.45) is 0 Å². The molecule has 0 amide bonds. The second-order valence-corrected chi connectivity index (χ2v) is 5.96. The molecule has 0 spiro atoms. The summed E-state index contributed by atoms with van der Waals surface area (Å²) in [5.74, 6) is 0.819. The van der Waals surface area contributed by atoms with Gasteiger partial charge in [0.1, 0.15) is 5.75 Å². The Labute approximate surface area is 136 Å². The van der Waals surface area contributed by atoms with Crippen molar-refractivity contribution in [3.8, 4) is 5.75 Å². The first-order valence-corrected chi connectivity index (χ1v) is 7.67. The first-order chi connectivity index (χ1) is 10.2. The Bertz CT molecular complexity index is 838. The van der Waals surface area contributed by atoms with Crippen LogP contribution in [0.1, 0.15) is 5.56 Å². The van der Waals surface area contributed by atoms with Crippen LogP contribution in [-0.4, -0.2) is 11.7 Å². The van der Waals surface area contributed by atoms with Crippen molar-refractivity contribution in [3.05, 3.63) is 74.2 Å². The summed E-state index contributed by atoms with van der Waals surface area (Å²) < 4.78 is 7.98. The van der Waals surface area contributed by atoms with Gasteiger partial charge in [-0.1, -0.05) is 18.2 Å². The fourth-order valence-electron chi connectivity index (χ4n) is 2.33. The van der Waals surface area contributed by atoms with Crippen LogP contribution >= 0.6 is 22.6 Å². The highest BCUT2D eigenvalue weighted by Crippen LogP contribution is 2.18. The smallest absolute Gasteiger partial charge is 0.258 e. The Hall–Kier alpha value is -1.82. The monoisotopic (exact) mass is 391 g/mol. The molecule has 0 saturated carbocycles. The minimum Gasteiger partial charge on any atom is -0.497 e. The number of pyridine rings is 1. The van der Waals surface area contributed by atoms with Gasteiger partial charge in [0.05, 0.1) is 13.7 Å². The van der Waals surface area contributed by atoms with Crippen LogP contribution in [0.4, 0.5) is 0 Å². The largest absolute Gasteiger partial charge is 0.497 e. The van der Waals surface area contributed by atoms with Crippen LogP contribution < -0.4 is 10.3 Å². The molecule has 0 atom stereocenters. The molecule has 0 radical (unpaired) electrons. The van der Waals surface area contributed by atoms with Crippen LogP contribution in [0.25, 0.3) is 10.8 Å². The van der Waals surface area contributed by atoms with Crippen LogP contribution in [0.15, 0.2) is 59.5 Å². The molecular formula is C17H14INO2. The van der Waals surface area contributed by atoms with E-state index in [0.717, 1.165) is 25.7 Å². The highest BCUT2D eigenvalue weighted by atomic mass is 127. The molecule has 21 heavy (non-hydrogen) atoms. The predicted molar refractivity (Wildman–Crippen MR) is 93.0 cm³/mol. The summed E-state index contributed by atoms with van der Waals surface area (Å²) in [6.45, 7) is 0.560. The molecular weight excluding hydrogens is 377 g/mol. The van der Waals surface area contributed by atoms with Gasteiger partial charge in [0, 0.05) is 20.5 Å². The molecule has 2 aromatic carbocycles. The second kappa shape index (κ2) is 5.89. The van der Waals surface area contributed by atoms with Crippen LogP contribution in [0.3, 0.4) is 0 Å². The molecule has 0 unspecified atom stereocenters. The molecule has 1 aromatic heterocycles. The van der Waals surface area contributed by atoms with Gasteiger partial charge in [-0.25, -0.2) is 0 Å². The molecule has 0 aliphatic rings. The lowest BCUT2D eigenvalue weighted by molar-refractivity contribution is 0.414. The van der Waals surface area contributed by atoms with Crippen molar-refractivity contribution in [2.45, 2.75) is 6.54 Å². The highest BCUT2D eigenvalue weighted by Gasteiger charge is 2.05. The maximum Gasteiger partial charge on any atom is 0.258 e. The lowest BCUT2D eigenvalue weighted by Crippen LogP contribution is -2.20. The first kappa shape index (κ1) is 14.1. The van der Waals surface area contributed by atoms with E-state index in [4.69, 9.17) is 4.74 Å². The SMILES string of the molecule is COc1ccc(Cn2ccc3c(I)cccc3c2=O)cc1. The topological polar surface area (TPSA) is 31.2 Å². The summed E-state index contributed by atoms with van der Waals surface area (Å²) in [6, 6.07) is 15.6. The van der Waals surface area contributed by atoms with E-state index in [0.29, 0.717) is 6.54 Å². The molecule has 0 aliphatic carbocycles. The molecule has 3 nitrogen and oxygen atoms in total. The third-order valence-corrected chi connectivity index (χ3v) is 4.42. The van der Waals surface area contributed by atoms with Crippen molar-refractivity contribution in [1.82, 2.24) is 4.57 Å². The zero-order valence-corrected chi connectivity index (χ0v) is 13.7. The summed E-state index contributed by atoms with van der Waals surface area (Å²) in [6.07, 6.45) is 1.86. The summed E-state index contributed by atoms with van der Waals surface area (Å²) >= 11 is 2.26. The molecule has 0 bridgehead atoms. The maximum atomic E-state index is 12.5. The van der Waals surface area contributed by atoms with Gasteiger partial charge in [0.15, 0.2) is 0 Å². The molecule has 3 aromatic rings. The molecule has 1 heterocycles. The standard InChI is InChI=1S/C17H14INO2/c1-21-13-7-5-12(6-8-13)11-19-10-9-14-15(17(19)20)3-2-4-16(14)18/h2-10H,11H2,1H3. The van der Waals surface area contributed by atoms with E-state index in [1.54, 1.807) is 11.7 Å². The second-order valence-electron chi connectivity index (χ2n) is 4.80. The number of rotatable bonds is 3. The average Bonchev–Trinajstić information content (AvgIpc) is 2.51. The van der Waals surface area contributed by atoms with E-state index in [1.165, 1.54) is 0 Å². The Morgan fingerprint density at radius 3 is 2.52 bits per heavy atom. The Balaban J connectivity index is 2.01. The van der Waals surface area contributed by atoms with Crippen molar-refractivity contribution in [1.29, 1.82) is 0 Å². The fraction of sp³-hybridized carbons (Fsp3) is 0.118. The van der Waals surface area contributed by atoms with Gasteiger partial charge in [-0.3, -0.25) is 4.79 Å². The molecule has 0 N–H and O–H groups in total. The Morgan fingerprint density at radius 2 is 1.81 bits per heavy atom. The number of aromatic nitrogens is 1. The van der Waals surface area contributed by atoms with Gasteiger partial charge in [0.2, 0.25) is 0 Å². The van der Waals surface area contributed by atoms with E-state index in [1.807, 2.05) is 54.7 Å². The van der Waals surface area contributed by atoms with Gasteiger partial charge >= 0.3 is 0 Å². The number of hydrogen-bond donors (Lipinski definition) is 0. The summed E-state index contributed by atoms with van der Waals surface area (Å²) in [5, 5.41) is 1.77. The number of methoxy groups -OCH3 is 1. The van der Waals surface area contributed by atoms with Crippen molar-refractivity contribution in [2.75, 3.05) is 7.11 Å². The molecule has 0 saturated heterocycles. The van der Waals surface area contributed by atoms with Crippen molar-refractivity contribution >= 4 is 33.4 Å². The van der Waals surface area contributed by atoms with E-state index in [9.17, 15) is 4.79 Å². The van der Waals surface area contributed by atoms with Gasteiger partial charge < -0.3 is 9.30 Å². The molecule has 3 rings (SSSR count). The lowest BCUT2D eigenvalue weighted by Gasteiger charge is -2.09. The fourth-order valence-corrected chi connectivity index (χ4v) is 3.01. The number of nitrogens with zero attached hydrogens (tertiary/aromatic N) is 1. The number of fused-ring (bicyclic) bond motifs is 1. The Kier molecular flexibility index (Phi) is 3.96. The highest BCUT2D eigenvalue weighted by molar-refractivity contribution is 14.1. The predicted octanol–water partition coefficient (Wildman–Crippen LogP) is 3.66. The number of benzene rings is 2. The minimum atomic E-state index is 0.0434. The van der Waals surface area contributed by atoms with Crippen molar-refractivity contribution in [3.63, 3.8) is 0 Å². The Morgan fingerprint density at radius 1 is 1.05 bits per heavy atom. The minimum absolute atomic E-state index is 0.0434. The summed E-state index contributed by atoms with van der Waals surface area (Å²) in [4.78, 5) is 12.5. The zero-order valence-electron chi connectivity index (χ0n) is 11.5. The lowest BCUT2D eigenvalue weighted by atomic mass is 10.1. The average molecular weight is 391 g/mol. The first-order valence-electron chi connectivity index (χ1n) is 6.59. The summed E-state index contributed by atoms with van der Waals surface area (Å²) in [5.41, 5.74) is 1.12. The maximum absolute atomic E-state index is 12.5. The van der Waals surface area contributed by atoms with E-state index in [2.05, 4.69) is 22.6 Å². The van der Waals surface area contributed by atoms with Crippen LogP contribution in [0.5, 0.6) is 5.75 Å². The van der Waals surface area contributed by atoms with E-state index in [-0.39, 0.29) is 5.56 Å². The quantitative estimate of drug-likeness (QED) is 0.639. The molecule has 4 heteroatoms. The van der Waals surface area contributed by atoms with Crippen molar-refractivity contribution < 1.29 is 4.74 Å². The van der Waals surface area contributed by atoms with E-state index < -0.39 is 0 Å². The normalized spacial score (nSPS) is 10.8. The van der Waals surface area contributed by atoms with Gasteiger partial charge in [-0.05, 0) is 58.5 Å². The van der Waals surface area contributed by atoms with Crippen LogP contribution in [0.2, 0.25) is 0 Å². The van der Waals surface area contributed by atoms with Gasteiger partial charge in [0.25, 0.3) is 5.56 Å². The molecule has 0 fully saturated rings. The third kappa shape index (κ3) is 2.81. The van der Waals surface area contributed by atoms with Crippen LogP contribution in [0, 0.1) is 3.57 Å². The van der Waals surface area contributed by atoms with Crippen LogP contribution in [-0.2, 0) is 6.54 Å². The number of ether oxygens (including phenoxy) is 1. The number of halogens is 1. The summed E-state index contributed by atoms with van der Waals surface area (Å²) in [7, 11) is 1.64. The zero-order chi connectivity index (χ0) is 14.8. The van der Waals surface area contributed by atoms with E-state index >= 15 is 0 Å². The molecule has 0 aliphatic heterocycles. The van der Waals surface area contributed by atoms with Gasteiger partial charge in [-0.2, -0.15) is 0 Å². The third-order valence-electron chi connectivity index (χ3n) is 3.48. The number of hydrogen-bond acceptors (Lipinski definition) is 2. The molecule has 106 valence electrons.